The monoisotopic (exact) mass is 268 g/mol. The molecule has 0 spiro atoms. The third-order valence-corrected chi connectivity index (χ3v) is 4.06. The summed E-state index contributed by atoms with van der Waals surface area (Å²) < 4.78 is 0. The van der Waals surface area contributed by atoms with E-state index in [4.69, 9.17) is 17.3 Å². The van der Waals surface area contributed by atoms with Gasteiger partial charge in [0.15, 0.2) is 0 Å². The van der Waals surface area contributed by atoms with Crippen molar-refractivity contribution in [2.75, 3.05) is 13.1 Å². The van der Waals surface area contributed by atoms with Gasteiger partial charge >= 0.3 is 0 Å². The maximum Gasteiger partial charge on any atom is 0.121 e. The maximum atomic E-state index is 9.90. The summed E-state index contributed by atoms with van der Waals surface area (Å²) in [5, 5.41) is 10.5. The van der Waals surface area contributed by atoms with E-state index in [9.17, 15) is 5.11 Å². The Morgan fingerprint density at radius 1 is 1.39 bits per heavy atom. The molecule has 18 heavy (non-hydrogen) atoms. The van der Waals surface area contributed by atoms with Gasteiger partial charge in [-0.3, -0.25) is 4.90 Å². The Hall–Kier alpha value is -0.770. The van der Waals surface area contributed by atoms with Gasteiger partial charge in [-0.15, -0.1) is 0 Å². The van der Waals surface area contributed by atoms with Crippen molar-refractivity contribution in [2.24, 2.45) is 5.73 Å². The zero-order valence-corrected chi connectivity index (χ0v) is 11.4. The quantitative estimate of drug-likeness (QED) is 0.883. The number of phenols is 1. The average molecular weight is 269 g/mol. The summed E-state index contributed by atoms with van der Waals surface area (Å²) in [6.45, 7) is 2.50. The lowest BCUT2D eigenvalue weighted by molar-refractivity contribution is 0.133. The number of piperidine rings is 1. The van der Waals surface area contributed by atoms with Crippen molar-refractivity contribution in [3.8, 4) is 5.75 Å². The lowest BCUT2D eigenvalue weighted by Gasteiger charge is -2.36. The van der Waals surface area contributed by atoms with Gasteiger partial charge < -0.3 is 10.8 Å². The number of rotatable bonds is 4. The topological polar surface area (TPSA) is 49.5 Å². The minimum atomic E-state index is 0.291. The molecule has 0 bridgehead atoms. The summed E-state index contributed by atoms with van der Waals surface area (Å²) in [4.78, 5) is 2.40. The first-order valence-electron chi connectivity index (χ1n) is 6.63. The van der Waals surface area contributed by atoms with Crippen LogP contribution in [0.5, 0.6) is 5.75 Å². The van der Waals surface area contributed by atoms with Crippen molar-refractivity contribution in [1.82, 2.24) is 4.90 Å². The van der Waals surface area contributed by atoms with E-state index in [-0.39, 0.29) is 0 Å². The molecule has 3 N–H and O–H groups in total. The molecule has 0 amide bonds. The molecule has 1 atom stereocenters. The largest absolute Gasteiger partial charge is 0.508 e. The maximum absolute atomic E-state index is 9.90. The number of nitrogens with two attached hydrogens (primary N) is 1. The highest BCUT2D eigenvalue weighted by Crippen LogP contribution is 2.29. The fraction of sp³-hybridized carbons (Fsp3) is 0.571. The van der Waals surface area contributed by atoms with Gasteiger partial charge in [-0.25, -0.2) is 0 Å². The lowest BCUT2D eigenvalue weighted by atomic mass is 9.98. The Labute approximate surface area is 114 Å². The van der Waals surface area contributed by atoms with E-state index in [1.54, 1.807) is 12.1 Å². The fourth-order valence-electron chi connectivity index (χ4n) is 2.69. The van der Waals surface area contributed by atoms with Crippen LogP contribution in [0.1, 0.15) is 31.2 Å². The molecule has 1 aliphatic heterocycles. The van der Waals surface area contributed by atoms with Crippen LogP contribution in [0.2, 0.25) is 5.02 Å². The number of hydrogen-bond donors (Lipinski definition) is 2. The molecule has 0 aliphatic carbocycles. The van der Waals surface area contributed by atoms with Crippen LogP contribution in [0.25, 0.3) is 0 Å². The Morgan fingerprint density at radius 3 is 2.94 bits per heavy atom. The van der Waals surface area contributed by atoms with Crippen molar-refractivity contribution in [2.45, 2.75) is 38.3 Å². The van der Waals surface area contributed by atoms with Crippen LogP contribution < -0.4 is 5.73 Å². The zero-order valence-electron chi connectivity index (χ0n) is 10.6. The molecule has 1 aromatic carbocycles. The average Bonchev–Trinajstić information content (AvgIpc) is 2.36. The molecule has 1 aliphatic rings. The predicted molar refractivity (Wildman–Crippen MR) is 74.8 cm³/mol. The van der Waals surface area contributed by atoms with E-state index in [0.717, 1.165) is 31.6 Å². The summed E-state index contributed by atoms with van der Waals surface area (Å²) in [5.74, 6) is 0.291. The number of nitrogens with zero attached hydrogens (tertiary/aromatic N) is 1. The van der Waals surface area contributed by atoms with Crippen LogP contribution >= 0.6 is 11.6 Å². The summed E-state index contributed by atoms with van der Waals surface area (Å²) in [7, 11) is 0. The molecule has 1 unspecified atom stereocenters. The number of halogens is 1. The van der Waals surface area contributed by atoms with Gasteiger partial charge in [0.2, 0.25) is 0 Å². The van der Waals surface area contributed by atoms with Crippen LogP contribution in [0.15, 0.2) is 18.2 Å². The molecule has 1 aromatic rings. The van der Waals surface area contributed by atoms with E-state index < -0.39 is 0 Å². The minimum Gasteiger partial charge on any atom is -0.508 e. The van der Waals surface area contributed by atoms with E-state index in [1.807, 2.05) is 6.07 Å². The second-order valence-electron chi connectivity index (χ2n) is 4.93. The van der Waals surface area contributed by atoms with Crippen LogP contribution in [0.4, 0.5) is 0 Å². The molecular formula is C14H21ClN2O. The molecule has 2 rings (SSSR count). The van der Waals surface area contributed by atoms with Gasteiger partial charge in [-0.1, -0.05) is 24.1 Å². The highest BCUT2D eigenvalue weighted by Gasteiger charge is 2.23. The number of likely N-dealkylation sites (tertiary alicyclic amines) is 1. The molecule has 0 saturated carbocycles. The third kappa shape index (κ3) is 3.16. The summed E-state index contributed by atoms with van der Waals surface area (Å²) in [5.41, 5.74) is 6.51. The van der Waals surface area contributed by atoms with Gasteiger partial charge in [0.05, 0.1) is 0 Å². The third-order valence-electron chi connectivity index (χ3n) is 3.70. The molecule has 4 heteroatoms. The number of phenolic OH excluding ortho intramolecular Hbond substituents is 1. The normalized spacial score (nSPS) is 21.1. The first-order valence-corrected chi connectivity index (χ1v) is 7.00. The number of benzene rings is 1. The van der Waals surface area contributed by atoms with Gasteiger partial charge in [-0.2, -0.15) is 0 Å². The zero-order chi connectivity index (χ0) is 13.0. The van der Waals surface area contributed by atoms with E-state index in [0.29, 0.717) is 16.8 Å². The van der Waals surface area contributed by atoms with Crippen molar-refractivity contribution in [3.63, 3.8) is 0 Å². The fourth-order valence-corrected chi connectivity index (χ4v) is 2.92. The van der Waals surface area contributed by atoms with Gasteiger partial charge in [-0.05, 0) is 44.5 Å². The first-order chi connectivity index (χ1) is 8.72. The number of hydrogen-bond acceptors (Lipinski definition) is 3. The molecule has 1 heterocycles. The lowest BCUT2D eigenvalue weighted by Crippen LogP contribution is -2.40. The highest BCUT2D eigenvalue weighted by atomic mass is 35.5. The summed E-state index contributed by atoms with van der Waals surface area (Å²) >= 11 is 6.16. The predicted octanol–water partition coefficient (Wildman–Crippen LogP) is 2.75. The molecule has 1 fully saturated rings. The van der Waals surface area contributed by atoms with Crippen molar-refractivity contribution >= 4 is 11.6 Å². The molecule has 0 aromatic heterocycles. The second kappa shape index (κ2) is 6.41. The van der Waals surface area contributed by atoms with Crippen LogP contribution in [0.3, 0.4) is 0 Å². The van der Waals surface area contributed by atoms with Crippen molar-refractivity contribution in [3.05, 3.63) is 28.8 Å². The molecule has 0 radical (unpaired) electrons. The molecule has 1 saturated heterocycles. The molecular weight excluding hydrogens is 248 g/mol. The van der Waals surface area contributed by atoms with Gasteiger partial charge in [0.25, 0.3) is 0 Å². The van der Waals surface area contributed by atoms with Gasteiger partial charge in [0.1, 0.15) is 5.75 Å². The van der Waals surface area contributed by atoms with Gasteiger partial charge in [0, 0.05) is 23.2 Å². The van der Waals surface area contributed by atoms with E-state index in [2.05, 4.69) is 4.90 Å². The Balaban J connectivity index is 2.11. The Bertz CT molecular complexity index is 375. The first kappa shape index (κ1) is 13.7. The van der Waals surface area contributed by atoms with E-state index in [1.165, 1.54) is 19.3 Å². The minimum absolute atomic E-state index is 0.291. The molecule has 100 valence electrons. The SMILES string of the molecule is NCCC1CCCCN1Cc1c(O)cccc1Cl. The number of aromatic hydroxyl groups is 1. The Kier molecular flexibility index (Phi) is 4.87. The molecule has 3 nitrogen and oxygen atoms in total. The highest BCUT2D eigenvalue weighted by molar-refractivity contribution is 6.31. The standard InChI is InChI=1S/C14H21ClN2O/c15-13-5-3-6-14(18)12(13)10-17-9-2-1-4-11(17)7-8-16/h3,5-6,11,18H,1-2,4,7-10,16H2. The van der Waals surface area contributed by atoms with Crippen molar-refractivity contribution < 1.29 is 5.11 Å². The van der Waals surface area contributed by atoms with Crippen LogP contribution in [-0.2, 0) is 6.54 Å². The van der Waals surface area contributed by atoms with Crippen LogP contribution in [0, 0.1) is 0 Å². The smallest absolute Gasteiger partial charge is 0.121 e. The summed E-state index contributed by atoms with van der Waals surface area (Å²) in [6, 6.07) is 5.83. The van der Waals surface area contributed by atoms with E-state index >= 15 is 0 Å². The van der Waals surface area contributed by atoms with Crippen molar-refractivity contribution in [1.29, 1.82) is 0 Å². The second-order valence-corrected chi connectivity index (χ2v) is 5.34. The summed E-state index contributed by atoms with van der Waals surface area (Å²) in [6.07, 6.45) is 4.70. The Morgan fingerprint density at radius 2 is 2.22 bits per heavy atom. The van der Waals surface area contributed by atoms with Crippen LogP contribution in [-0.4, -0.2) is 29.1 Å².